The molecule has 0 unspecified atom stereocenters. The lowest BCUT2D eigenvalue weighted by atomic mass is 10.1. The van der Waals surface area contributed by atoms with Crippen LogP contribution in [0.15, 0.2) is 42.5 Å². The number of hydrogen-bond acceptors (Lipinski definition) is 5. The molecule has 7 heteroatoms. The maximum absolute atomic E-state index is 12.7. The van der Waals surface area contributed by atoms with Crippen molar-refractivity contribution in [2.45, 2.75) is 26.1 Å². The summed E-state index contributed by atoms with van der Waals surface area (Å²) in [5, 5.41) is 4.76. The van der Waals surface area contributed by atoms with Crippen LogP contribution in [0.25, 0.3) is 0 Å². The van der Waals surface area contributed by atoms with E-state index in [1.54, 1.807) is 30.3 Å². The van der Waals surface area contributed by atoms with Crippen LogP contribution in [-0.2, 0) is 9.59 Å². The van der Waals surface area contributed by atoms with Crippen LogP contribution in [0.2, 0.25) is 0 Å². The van der Waals surface area contributed by atoms with Gasteiger partial charge in [-0.3, -0.25) is 14.4 Å². The summed E-state index contributed by atoms with van der Waals surface area (Å²) in [6.07, 6.45) is 0. The lowest BCUT2D eigenvalue weighted by Gasteiger charge is -2.16. The van der Waals surface area contributed by atoms with E-state index >= 15 is 0 Å². The topological polar surface area (TPSA) is 78.5 Å². The van der Waals surface area contributed by atoms with E-state index in [1.807, 2.05) is 26.0 Å². The summed E-state index contributed by atoms with van der Waals surface area (Å²) in [6.45, 7) is 5.37. The molecule has 0 aliphatic carbocycles. The zero-order chi connectivity index (χ0) is 18.8. The Morgan fingerprint density at radius 3 is 2.27 bits per heavy atom. The Kier molecular flexibility index (Phi) is 4.99. The average Bonchev–Trinajstić information content (AvgIpc) is 2.85. The van der Waals surface area contributed by atoms with Gasteiger partial charge in [-0.2, -0.15) is 0 Å². The molecule has 1 aliphatic rings. The summed E-state index contributed by atoms with van der Waals surface area (Å²) in [6, 6.07) is 12.5. The van der Waals surface area contributed by atoms with Crippen LogP contribution in [0.3, 0.4) is 0 Å². The first-order valence-corrected chi connectivity index (χ1v) is 8.99. The molecule has 1 fully saturated rings. The number of rotatable bonds is 4. The van der Waals surface area contributed by atoms with Crippen LogP contribution in [-0.4, -0.2) is 22.4 Å². The van der Waals surface area contributed by atoms with Crippen LogP contribution in [0.1, 0.15) is 18.1 Å². The van der Waals surface area contributed by atoms with Crippen LogP contribution >= 0.6 is 11.8 Å². The minimum Gasteiger partial charge on any atom is -0.365 e. The zero-order valence-corrected chi connectivity index (χ0v) is 15.5. The van der Waals surface area contributed by atoms with Gasteiger partial charge in [0.15, 0.2) is 5.37 Å². The maximum Gasteiger partial charge on any atom is 0.295 e. The maximum atomic E-state index is 12.7. The molecule has 3 amide bonds. The number of hydrogen-bond donors (Lipinski definition) is 2. The first-order chi connectivity index (χ1) is 12.3. The van der Waals surface area contributed by atoms with E-state index in [0.717, 1.165) is 22.9 Å². The van der Waals surface area contributed by atoms with E-state index in [-0.39, 0.29) is 17.1 Å². The monoisotopic (exact) mass is 369 g/mol. The number of benzene rings is 2. The Balaban J connectivity index is 1.74. The summed E-state index contributed by atoms with van der Waals surface area (Å²) in [7, 11) is 0. The molecule has 1 saturated heterocycles. The standard InChI is InChI=1S/C19H19N3O3S/c1-11-4-9-16(10-12(11)2)22-18(24)17(26-19(22)25)21-15-7-5-14(6-8-15)20-13(3)23/h4-10,17,21H,1-3H3,(H,20,23)/t17-/m0/s1. The van der Waals surface area contributed by atoms with Crippen LogP contribution < -0.4 is 15.5 Å². The van der Waals surface area contributed by atoms with E-state index in [0.29, 0.717) is 17.1 Å². The van der Waals surface area contributed by atoms with E-state index in [1.165, 1.54) is 11.8 Å². The molecule has 0 radical (unpaired) electrons. The van der Waals surface area contributed by atoms with Gasteiger partial charge < -0.3 is 10.6 Å². The molecule has 1 aliphatic heterocycles. The second-order valence-corrected chi connectivity index (χ2v) is 7.17. The van der Waals surface area contributed by atoms with Gasteiger partial charge in [-0.25, -0.2) is 4.90 Å². The number of carbonyl (C=O) groups excluding carboxylic acids is 3. The summed E-state index contributed by atoms with van der Waals surface area (Å²) in [4.78, 5) is 37.3. The molecular weight excluding hydrogens is 350 g/mol. The predicted octanol–water partition coefficient (Wildman–Crippen LogP) is 3.90. The molecule has 26 heavy (non-hydrogen) atoms. The third-order valence-corrected chi connectivity index (χ3v) is 5.04. The van der Waals surface area contributed by atoms with Crippen molar-refractivity contribution in [1.29, 1.82) is 0 Å². The lowest BCUT2D eigenvalue weighted by Crippen LogP contribution is -2.34. The summed E-state index contributed by atoms with van der Waals surface area (Å²) >= 11 is 0.953. The largest absolute Gasteiger partial charge is 0.365 e. The molecule has 6 nitrogen and oxygen atoms in total. The highest BCUT2D eigenvalue weighted by molar-refractivity contribution is 8.16. The quantitative estimate of drug-likeness (QED) is 0.855. The Morgan fingerprint density at radius 2 is 1.65 bits per heavy atom. The summed E-state index contributed by atoms with van der Waals surface area (Å²) in [5.74, 6) is -0.448. The van der Waals surface area contributed by atoms with Crippen molar-refractivity contribution in [2.24, 2.45) is 0 Å². The van der Waals surface area contributed by atoms with Gasteiger partial charge in [0.05, 0.1) is 5.69 Å². The molecule has 1 atom stereocenters. The minimum absolute atomic E-state index is 0.151. The van der Waals surface area contributed by atoms with Crippen LogP contribution in [0, 0.1) is 13.8 Å². The van der Waals surface area contributed by atoms with Gasteiger partial charge >= 0.3 is 0 Å². The Labute approximate surface area is 156 Å². The lowest BCUT2D eigenvalue weighted by molar-refractivity contribution is -0.116. The van der Waals surface area contributed by atoms with Gasteiger partial charge in [0.2, 0.25) is 5.91 Å². The number of nitrogens with zero attached hydrogens (tertiary/aromatic N) is 1. The highest BCUT2D eigenvalue weighted by atomic mass is 32.2. The Bertz CT molecular complexity index is 880. The number of nitrogens with one attached hydrogen (secondary N) is 2. The number of anilines is 3. The molecule has 2 aromatic rings. The van der Waals surface area contributed by atoms with Crippen molar-refractivity contribution in [3.63, 3.8) is 0 Å². The zero-order valence-electron chi connectivity index (χ0n) is 14.7. The van der Waals surface area contributed by atoms with Crippen molar-refractivity contribution in [3.05, 3.63) is 53.6 Å². The second-order valence-electron chi connectivity index (χ2n) is 6.11. The molecule has 3 rings (SSSR count). The fraction of sp³-hybridized carbons (Fsp3) is 0.211. The highest BCUT2D eigenvalue weighted by Gasteiger charge is 2.40. The third-order valence-electron chi connectivity index (χ3n) is 4.10. The molecule has 134 valence electrons. The number of amides is 3. The molecule has 0 saturated carbocycles. The fourth-order valence-corrected chi connectivity index (χ4v) is 3.51. The van der Waals surface area contributed by atoms with Crippen LogP contribution in [0.5, 0.6) is 0 Å². The molecule has 1 heterocycles. The van der Waals surface area contributed by atoms with Gasteiger partial charge in [0.1, 0.15) is 0 Å². The van der Waals surface area contributed by atoms with Crippen molar-refractivity contribution in [1.82, 2.24) is 0 Å². The molecule has 0 aromatic heterocycles. The Hall–Kier alpha value is -2.80. The van der Waals surface area contributed by atoms with Crippen LogP contribution in [0.4, 0.5) is 21.9 Å². The normalized spacial score (nSPS) is 16.7. The van der Waals surface area contributed by atoms with Gasteiger partial charge in [-0.15, -0.1) is 0 Å². The van der Waals surface area contributed by atoms with Gasteiger partial charge in [0, 0.05) is 18.3 Å². The summed E-state index contributed by atoms with van der Waals surface area (Å²) < 4.78 is 0. The number of aryl methyl sites for hydroxylation is 2. The van der Waals surface area contributed by atoms with Gasteiger partial charge in [-0.1, -0.05) is 6.07 Å². The SMILES string of the molecule is CC(=O)Nc1ccc(N[C@H]2SC(=O)N(c3ccc(C)c(C)c3)C2=O)cc1. The number of imide groups is 1. The van der Waals surface area contributed by atoms with Crippen molar-refractivity contribution in [2.75, 3.05) is 15.5 Å². The second kappa shape index (κ2) is 7.21. The van der Waals surface area contributed by atoms with E-state index in [9.17, 15) is 14.4 Å². The minimum atomic E-state index is -0.685. The fourth-order valence-electron chi connectivity index (χ4n) is 2.60. The van der Waals surface area contributed by atoms with E-state index < -0.39 is 5.37 Å². The molecule has 0 spiro atoms. The van der Waals surface area contributed by atoms with Crippen molar-refractivity contribution >= 4 is 45.9 Å². The first kappa shape index (κ1) is 18.0. The summed E-state index contributed by atoms with van der Waals surface area (Å²) in [5.41, 5.74) is 4.08. The third kappa shape index (κ3) is 3.72. The van der Waals surface area contributed by atoms with Gasteiger partial charge in [-0.05, 0) is 73.1 Å². The molecule has 2 N–H and O–H groups in total. The highest BCUT2D eigenvalue weighted by Crippen LogP contribution is 2.33. The van der Waals surface area contributed by atoms with Gasteiger partial charge in [0.25, 0.3) is 11.1 Å². The van der Waals surface area contributed by atoms with Crippen molar-refractivity contribution < 1.29 is 14.4 Å². The van der Waals surface area contributed by atoms with Crippen molar-refractivity contribution in [3.8, 4) is 0 Å². The molecular formula is C19H19N3O3S. The van der Waals surface area contributed by atoms with E-state index in [2.05, 4.69) is 10.6 Å². The first-order valence-electron chi connectivity index (χ1n) is 8.11. The smallest absolute Gasteiger partial charge is 0.295 e. The predicted molar refractivity (Wildman–Crippen MR) is 105 cm³/mol. The number of carbonyl (C=O) groups is 3. The number of thioether (sulfide) groups is 1. The Morgan fingerprint density at radius 1 is 1.00 bits per heavy atom. The average molecular weight is 369 g/mol. The molecule has 0 bridgehead atoms. The molecule has 2 aromatic carbocycles. The van der Waals surface area contributed by atoms with E-state index in [4.69, 9.17) is 0 Å².